The zero-order chi connectivity index (χ0) is 26.0. The normalized spacial score (nSPS) is 15.4. The van der Waals surface area contributed by atoms with Crippen molar-refractivity contribution in [2.75, 3.05) is 0 Å². The Morgan fingerprint density at radius 1 is 0.865 bits per heavy atom. The molecule has 1 aliphatic carbocycles. The van der Waals surface area contributed by atoms with Gasteiger partial charge >= 0.3 is 0 Å². The quantitative estimate of drug-likeness (QED) is 0.166. The average Bonchev–Trinajstić information content (AvgIpc) is 2.94. The van der Waals surface area contributed by atoms with Crippen molar-refractivity contribution in [3.8, 4) is 22.3 Å². The molecule has 4 rings (SSSR count). The van der Waals surface area contributed by atoms with Crippen molar-refractivity contribution in [1.82, 2.24) is 0 Å². The van der Waals surface area contributed by atoms with E-state index < -0.39 is 0 Å². The first kappa shape index (κ1) is 27.4. The predicted octanol–water partition coefficient (Wildman–Crippen LogP) is 11.5. The lowest BCUT2D eigenvalue weighted by Gasteiger charge is -2.22. The summed E-state index contributed by atoms with van der Waals surface area (Å²) in [6.07, 6.45) is 17.7. The topological polar surface area (TPSA) is 0 Å². The lowest BCUT2D eigenvalue weighted by molar-refractivity contribution is 0.428. The van der Waals surface area contributed by atoms with E-state index in [2.05, 4.69) is 56.0 Å². The zero-order valence-corrected chi connectivity index (χ0v) is 23.0. The number of unbranched alkanes of at least 4 members (excludes halogenated alkanes) is 4. The van der Waals surface area contributed by atoms with Crippen molar-refractivity contribution in [3.05, 3.63) is 101 Å². The molecule has 3 aromatic rings. The molecule has 1 atom stereocenters. The van der Waals surface area contributed by atoms with Crippen molar-refractivity contribution in [2.45, 2.75) is 77.6 Å². The van der Waals surface area contributed by atoms with Gasteiger partial charge in [-0.05, 0) is 78.7 Å². The lowest BCUT2D eigenvalue weighted by Crippen LogP contribution is -2.05. The zero-order valence-electron chi connectivity index (χ0n) is 22.2. The van der Waals surface area contributed by atoms with Crippen LogP contribution >= 0.6 is 11.6 Å². The lowest BCUT2D eigenvalue weighted by atomic mass is 9.83. The average molecular weight is 515 g/mol. The van der Waals surface area contributed by atoms with Gasteiger partial charge in [-0.15, -0.1) is 6.58 Å². The highest BCUT2D eigenvalue weighted by Gasteiger charge is 2.17. The maximum absolute atomic E-state index is 15.4. The molecule has 0 saturated heterocycles. The highest BCUT2D eigenvalue weighted by atomic mass is 35.5. The Kier molecular flexibility index (Phi) is 10.2. The number of hydrogen-bond acceptors (Lipinski definition) is 0. The minimum atomic E-state index is -0.355. The number of rotatable bonds is 12. The summed E-state index contributed by atoms with van der Waals surface area (Å²) < 4.78 is 15.4. The van der Waals surface area contributed by atoms with Crippen LogP contribution in [0, 0.1) is 11.7 Å². The Hall–Kier alpha value is -2.64. The number of allylic oxidation sites excluding steroid dienone is 3. The van der Waals surface area contributed by atoms with E-state index in [1.165, 1.54) is 55.2 Å². The first-order valence-electron chi connectivity index (χ1n) is 14.1. The molecule has 3 aromatic carbocycles. The standard InChI is InChI=1S/C35H40ClF/c1-3-5-7-9-11-27-14-18-31(19-15-27)33-25-24-32(34(36)35(33)37)30-22-20-29(21-23-30)28-16-12-26(13-17-28)10-8-6-4-2/h3,14-16,18-26H,1,4-13,17H2,2H3. The van der Waals surface area contributed by atoms with Gasteiger partial charge in [-0.2, -0.15) is 0 Å². The van der Waals surface area contributed by atoms with Crippen LogP contribution in [-0.2, 0) is 6.42 Å². The van der Waals surface area contributed by atoms with Gasteiger partial charge in [-0.3, -0.25) is 0 Å². The van der Waals surface area contributed by atoms with Crippen LogP contribution in [0.3, 0.4) is 0 Å². The van der Waals surface area contributed by atoms with Crippen LogP contribution < -0.4 is 0 Å². The summed E-state index contributed by atoms with van der Waals surface area (Å²) >= 11 is 6.57. The Balaban J connectivity index is 1.43. The van der Waals surface area contributed by atoms with Crippen molar-refractivity contribution in [2.24, 2.45) is 5.92 Å². The van der Waals surface area contributed by atoms with Crippen LogP contribution in [-0.4, -0.2) is 0 Å². The summed E-state index contributed by atoms with van der Waals surface area (Å²) in [7, 11) is 0. The molecule has 0 fully saturated rings. The SMILES string of the molecule is C=CCCCCc1ccc(-c2ccc(-c3ccc(C4=CCC(CCCCC)CC4)cc3)c(Cl)c2F)cc1. The van der Waals surface area contributed by atoms with Crippen LogP contribution in [0.25, 0.3) is 27.8 Å². The highest BCUT2D eigenvalue weighted by Crippen LogP contribution is 2.37. The first-order chi connectivity index (χ1) is 18.1. The predicted molar refractivity (Wildman–Crippen MR) is 159 cm³/mol. The summed E-state index contributed by atoms with van der Waals surface area (Å²) in [6, 6.07) is 20.5. The Morgan fingerprint density at radius 3 is 2.22 bits per heavy atom. The number of benzene rings is 3. The van der Waals surface area contributed by atoms with Gasteiger partial charge in [0.05, 0.1) is 5.02 Å². The molecule has 0 amide bonds. The number of aryl methyl sites for hydroxylation is 1. The van der Waals surface area contributed by atoms with Gasteiger partial charge in [0.25, 0.3) is 0 Å². The molecule has 37 heavy (non-hydrogen) atoms. The van der Waals surface area contributed by atoms with Crippen LogP contribution in [0.5, 0.6) is 0 Å². The largest absolute Gasteiger partial charge is 0.205 e. The second-order valence-corrected chi connectivity index (χ2v) is 10.8. The fourth-order valence-electron chi connectivity index (χ4n) is 5.42. The smallest absolute Gasteiger partial charge is 0.150 e. The molecule has 0 spiro atoms. The van der Waals surface area contributed by atoms with Gasteiger partial charge in [-0.25, -0.2) is 4.39 Å². The molecule has 0 heterocycles. The van der Waals surface area contributed by atoms with Crippen LogP contribution in [0.15, 0.2) is 79.4 Å². The monoisotopic (exact) mass is 514 g/mol. The molecule has 0 radical (unpaired) electrons. The van der Waals surface area contributed by atoms with Gasteiger partial charge in [0.15, 0.2) is 0 Å². The molecule has 0 nitrogen and oxygen atoms in total. The van der Waals surface area contributed by atoms with Gasteiger partial charge in [-0.1, -0.05) is 117 Å². The van der Waals surface area contributed by atoms with Gasteiger partial charge in [0.1, 0.15) is 5.82 Å². The van der Waals surface area contributed by atoms with E-state index in [9.17, 15) is 0 Å². The van der Waals surface area contributed by atoms with Crippen LogP contribution in [0.4, 0.5) is 4.39 Å². The Morgan fingerprint density at radius 2 is 1.54 bits per heavy atom. The second-order valence-electron chi connectivity index (χ2n) is 10.5. The second kappa shape index (κ2) is 13.8. The van der Waals surface area contributed by atoms with Crippen molar-refractivity contribution in [3.63, 3.8) is 0 Å². The van der Waals surface area contributed by atoms with E-state index >= 15 is 4.39 Å². The summed E-state index contributed by atoms with van der Waals surface area (Å²) in [5.41, 5.74) is 7.07. The molecule has 194 valence electrons. The fourth-order valence-corrected chi connectivity index (χ4v) is 5.70. The maximum atomic E-state index is 15.4. The van der Waals surface area contributed by atoms with Crippen molar-refractivity contribution < 1.29 is 4.39 Å². The summed E-state index contributed by atoms with van der Waals surface area (Å²) in [6.45, 7) is 6.05. The molecule has 1 aliphatic rings. The maximum Gasteiger partial charge on any atom is 0.150 e. The van der Waals surface area contributed by atoms with E-state index in [4.69, 9.17) is 11.6 Å². The molecular formula is C35H40ClF. The molecule has 1 unspecified atom stereocenters. The third kappa shape index (κ3) is 7.23. The molecule has 0 aliphatic heterocycles. The van der Waals surface area contributed by atoms with E-state index in [0.29, 0.717) is 5.56 Å². The molecular weight excluding hydrogens is 475 g/mol. The summed E-state index contributed by atoms with van der Waals surface area (Å²) in [5, 5.41) is 0.186. The molecule has 2 heteroatoms. The van der Waals surface area contributed by atoms with E-state index in [1.807, 2.05) is 30.3 Å². The van der Waals surface area contributed by atoms with E-state index in [0.717, 1.165) is 54.7 Å². The Bertz CT molecular complexity index is 1190. The number of hydrogen-bond donors (Lipinski definition) is 0. The minimum Gasteiger partial charge on any atom is -0.205 e. The van der Waals surface area contributed by atoms with Crippen LogP contribution in [0.2, 0.25) is 5.02 Å². The summed E-state index contributed by atoms with van der Waals surface area (Å²) in [5.74, 6) is 0.486. The van der Waals surface area contributed by atoms with Crippen molar-refractivity contribution >= 4 is 17.2 Å². The van der Waals surface area contributed by atoms with Crippen LogP contribution in [0.1, 0.15) is 82.3 Å². The van der Waals surface area contributed by atoms with Gasteiger partial charge in [0, 0.05) is 11.1 Å². The van der Waals surface area contributed by atoms with E-state index in [1.54, 1.807) is 0 Å². The highest BCUT2D eigenvalue weighted by molar-refractivity contribution is 6.33. The molecule has 0 bridgehead atoms. The van der Waals surface area contributed by atoms with Gasteiger partial charge in [0.2, 0.25) is 0 Å². The third-order valence-corrected chi connectivity index (χ3v) is 8.14. The van der Waals surface area contributed by atoms with Crippen molar-refractivity contribution in [1.29, 1.82) is 0 Å². The summed E-state index contributed by atoms with van der Waals surface area (Å²) in [4.78, 5) is 0. The molecule has 0 aromatic heterocycles. The molecule has 0 saturated carbocycles. The van der Waals surface area contributed by atoms with E-state index in [-0.39, 0.29) is 10.8 Å². The number of halogens is 2. The molecule has 0 N–H and O–H groups in total. The minimum absolute atomic E-state index is 0.186. The Labute approximate surface area is 228 Å². The van der Waals surface area contributed by atoms with Gasteiger partial charge < -0.3 is 0 Å². The first-order valence-corrected chi connectivity index (χ1v) is 14.5. The third-order valence-electron chi connectivity index (χ3n) is 7.77. The fraction of sp³-hybridized carbons (Fsp3) is 0.371.